The van der Waals surface area contributed by atoms with Crippen molar-refractivity contribution in [2.45, 2.75) is 31.3 Å². The highest BCUT2D eigenvalue weighted by atomic mass is 17.3. The van der Waals surface area contributed by atoms with Crippen molar-refractivity contribution in [1.29, 1.82) is 0 Å². The number of rotatable bonds is 2. The van der Waals surface area contributed by atoms with E-state index in [1.54, 1.807) is 0 Å². The molecule has 0 amide bonds. The summed E-state index contributed by atoms with van der Waals surface area (Å²) in [5, 5.41) is 0. The topological polar surface area (TPSA) is 27.7 Å². The van der Waals surface area contributed by atoms with Crippen LogP contribution >= 0.6 is 0 Å². The number of ether oxygens (including phenoxy) is 1. The van der Waals surface area contributed by atoms with Crippen molar-refractivity contribution in [2.24, 2.45) is 0 Å². The van der Waals surface area contributed by atoms with Gasteiger partial charge in [-0.1, -0.05) is 61.5 Å². The molecule has 0 spiro atoms. The third kappa shape index (κ3) is 1.57. The van der Waals surface area contributed by atoms with Gasteiger partial charge in [-0.3, -0.25) is 0 Å². The predicted octanol–water partition coefficient (Wildman–Crippen LogP) is 3.92. The van der Waals surface area contributed by atoms with E-state index in [9.17, 15) is 0 Å². The molecule has 2 aliphatic heterocycles. The number of benzene rings is 2. The van der Waals surface area contributed by atoms with Crippen molar-refractivity contribution >= 4 is 0 Å². The quantitative estimate of drug-likeness (QED) is 0.773. The summed E-state index contributed by atoms with van der Waals surface area (Å²) < 4.78 is 6.08. The Kier molecular flexibility index (Phi) is 2.67. The number of fused-ring (bicyclic) bond motifs is 4. The Morgan fingerprint density at radius 3 is 2.40 bits per heavy atom. The Balaban J connectivity index is 1.94. The number of hydrogen-bond donors (Lipinski definition) is 0. The minimum atomic E-state index is -0.722. The maximum Gasteiger partial charge on any atom is 0.220 e. The van der Waals surface area contributed by atoms with Crippen LogP contribution < -0.4 is 0 Å². The van der Waals surface area contributed by atoms with Gasteiger partial charge < -0.3 is 4.74 Å². The number of hydrogen-bond acceptors (Lipinski definition) is 3. The highest BCUT2D eigenvalue weighted by molar-refractivity contribution is 5.43. The summed E-state index contributed by atoms with van der Waals surface area (Å²) in [6, 6.07) is 18.6. The maximum atomic E-state index is 6.08. The van der Waals surface area contributed by atoms with Gasteiger partial charge in [0.2, 0.25) is 12.1 Å². The fourth-order valence-corrected chi connectivity index (χ4v) is 3.23. The van der Waals surface area contributed by atoms with Crippen molar-refractivity contribution in [3.05, 3.63) is 71.3 Å². The molecule has 1 unspecified atom stereocenters. The summed E-state index contributed by atoms with van der Waals surface area (Å²) in [5.41, 5.74) is 3.47. The molecule has 3 heteroatoms. The average molecular weight is 268 g/mol. The van der Waals surface area contributed by atoms with Gasteiger partial charge in [0.15, 0.2) is 0 Å². The minimum Gasteiger partial charge on any atom is -0.310 e. The third-order valence-electron chi connectivity index (χ3n) is 4.21. The first-order valence-electron chi connectivity index (χ1n) is 7.00. The van der Waals surface area contributed by atoms with Crippen LogP contribution in [0.4, 0.5) is 0 Å². The van der Waals surface area contributed by atoms with E-state index in [2.05, 4.69) is 31.2 Å². The Morgan fingerprint density at radius 1 is 0.950 bits per heavy atom. The van der Waals surface area contributed by atoms with Crippen molar-refractivity contribution in [3.8, 4) is 0 Å². The lowest BCUT2D eigenvalue weighted by Crippen LogP contribution is -2.40. The molecule has 0 N–H and O–H groups in total. The van der Waals surface area contributed by atoms with Crippen LogP contribution in [0.25, 0.3) is 0 Å². The molecule has 2 aliphatic rings. The monoisotopic (exact) mass is 268 g/mol. The van der Waals surface area contributed by atoms with Gasteiger partial charge in [-0.05, 0) is 11.1 Å². The van der Waals surface area contributed by atoms with Crippen molar-refractivity contribution in [3.63, 3.8) is 0 Å². The second-order valence-corrected chi connectivity index (χ2v) is 5.27. The van der Waals surface area contributed by atoms with Crippen molar-refractivity contribution in [1.82, 2.24) is 0 Å². The Hall–Kier alpha value is -1.68. The first-order valence-corrected chi connectivity index (χ1v) is 7.00. The van der Waals surface area contributed by atoms with Crippen LogP contribution in [0, 0.1) is 0 Å². The van der Waals surface area contributed by atoms with Gasteiger partial charge in [0, 0.05) is 12.0 Å². The highest BCUT2D eigenvalue weighted by Crippen LogP contribution is 2.54. The van der Waals surface area contributed by atoms with E-state index >= 15 is 0 Å². The van der Waals surface area contributed by atoms with Crippen LogP contribution in [0.5, 0.6) is 0 Å². The lowest BCUT2D eigenvalue weighted by Gasteiger charge is -2.37. The van der Waals surface area contributed by atoms with E-state index in [-0.39, 0.29) is 5.92 Å². The Bertz CT molecular complexity index is 625. The highest BCUT2D eigenvalue weighted by Gasteiger charge is 2.55. The zero-order chi connectivity index (χ0) is 13.6. The molecule has 1 fully saturated rings. The van der Waals surface area contributed by atoms with Gasteiger partial charge >= 0.3 is 0 Å². The lowest BCUT2D eigenvalue weighted by molar-refractivity contribution is -0.332. The second-order valence-electron chi connectivity index (χ2n) is 5.27. The Morgan fingerprint density at radius 2 is 1.65 bits per heavy atom. The van der Waals surface area contributed by atoms with Gasteiger partial charge in [-0.25, -0.2) is 0 Å². The fraction of sp³-hybridized carbons (Fsp3) is 0.294. The molecule has 4 rings (SSSR count). The fourth-order valence-electron chi connectivity index (χ4n) is 3.23. The van der Waals surface area contributed by atoms with Gasteiger partial charge in [-0.15, -0.1) is 0 Å². The summed E-state index contributed by atoms with van der Waals surface area (Å²) >= 11 is 0. The predicted molar refractivity (Wildman–Crippen MR) is 73.7 cm³/mol. The molecule has 2 aromatic carbocycles. The van der Waals surface area contributed by atoms with Crippen LogP contribution in [-0.4, -0.2) is 5.79 Å². The van der Waals surface area contributed by atoms with Crippen LogP contribution in [0.2, 0.25) is 0 Å². The Labute approximate surface area is 118 Å². The van der Waals surface area contributed by atoms with Crippen LogP contribution in [-0.2, 0) is 14.5 Å². The molecule has 3 nitrogen and oxygen atoms in total. The second kappa shape index (κ2) is 4.42. The molecule has 102 valence electrons. The van der Waals surface area contributed by atoms with Crippen LogP contribution in [0.15, 0.2) is 54.6 Å². The molecule has 0 aromatic heterocycles. The summed E-state index contributed by atoms with van der Waals surface area (Å²) in [4.78, 5) is 11.1. The van der Waals surface area contributed by atoms with Crippen LogP contribution in [0.3, 0.4) is 0 Å². The summed E-state index contributed by atoms with van der Waals surface area (Å²) in [7, 11) is 0. The molecule has 20 heavy (non-hydrogen) atoms. The van der Waals surface area contributed by atoms with Crippen LogP contribution in [0.1, 0.15) is 42.2 Å². The van der Waals surface area contributed by atoms with E-state index < -0.39 is 12.1 Å². The third-order valence-corrected chi connectivity index (χ3v) is 4.21. The first-order chi connectivity index (χ1) is 9.84. The van der Waals surface area contributed by atoms with E-state index in [0.29, 0.717) is 0 Å². The molecule has 0 radical (unpaired) electrons. The molecule has 2 aromatic rings. The zero-order valence-electron chi connectivity index (χ0n) is 11.3. The first kappa shape index (κ1) is 12.1. The zero-order valence-corrected chi connectivity index (χ0v) is 11.3. The van der Waals surface area contributed by atoms with E-state index in [0.717, 1.165) is 12.0 Å². The van der Waals surface area contributed by atoms with Crippen molar-refractivity contribution < 1.29 is 14.5 Å². The SMILES string of the molecule is CC[C@]12OO[C@H](O1)c1ccccc1C2c1ccccc1. The molecule has 1 saturated heterocycles. The van der Waals surface area contributed by atoms with E-state index in [4.69, 9.17) is 14.5 Å². The maximum absolute atomic E-state index is 6.08. The summed E-state index contributed by atoms with van der Waals surface area (Å²) in [6.45, 7) is 2.07. The molecule has 0 aliphatic carbocycles. The molecule has 0 saturated carbocycles. The minimum absolute atomic E-state index is 0.0312. The van der Waals surface area contributed by atoms with Gasteiger partial charge in [0.05, 0.1) is 5.92 Å². The summed E-state index contributed by atoms with van der Waals surface area (Å²) in [5.74, 6) is -0.691. The van der Waals surface area contributed by atoms with Gasteiger partial charge in [0.1, 0.15) is 0 Å². The van der Waals surface area contributed by atoms with Gasteiger partial charge in [-0.2, -0.15) is 9.78 Å². The van der Waals surface area contributed by atoms with E-state index in [1.807, 2.05) is 30.3 Å². The molecule has 2 bridgehead atoms. The molecule has 3 atom stereocenters. The van der Waals surface area contributed by atoms with Gasteiger partial charge in [0.25, 0.3) is 0 Å². The normalized spacial score (nSPS) is 31.1. The van der Waals surface area contributed by atoms with Crippen molar-refractivity contribution in [2.75, 3.05) is 0 Å². The average Bonchev–Trinajstić information content (AvgIpc) is 2.90. The molecular formula is C17H16O3. The lowest BCUT2D eigenvalue weighted by atomic mass is 9.79. The smallest absolute Gasteiger partial charge is 0.220 e. The van der Waals surface area contributed by atoms with E-state index in [1.165, 1.54) is 11.1 Å². The molecular weight excluding hydrogens is 252 g/mol. The standard InChI is InChI=1S/C17H16O3/c1-2-17-15(12-8-4-3-5-9-12)13-10-6-7-11-14(13)16(18-17)19-20-17/h3-11,15-16H,2H2,1H3/t15?,16-,17+/m0/s1. The largest absolute Gasteiger partial charge is 0.310 e. The summed E-state index contributed by atoms with van der Waals surface area (Å²) in [6.07, 6.45) is 0.323. The molecule has 2 heterocycles.